The summed E-state index contributed by atoms with van der Waals surface area (Å²) >= 11 is 1.43. The number of hydrogen-bond donors (Lipinski definition) is 1. The summed E-state index contributed by atoms with van der Waals surface area (Å²) in [5.41, 5.74) is 7.43. The fourth-order valence-corrected chi connectivity index (χ4v) is 5.60. The molecule has 2 aliphatic rings. The molecule has 34 heavy (non-hydrogen) atoms. The van der Waals surface area contributed by atoms with Gasteiger partial charge in [-0.25, -0.2) is 4.79 Å². The Labute approximate surface area is 202 Å². The molecule has 0 bridgehead atoms. The average molecular weight is 479 g/mol. The molecule has 8 heteroatoms. The molecule has 2 aliphatic heterocycles. The molecule has 0 radical (unpaired) electrons. The summed E-state index contributed by atoms with van der Waals surface area (Å²) in [4.78, 5) is 39.6. The smallest absolute Gasteiger partial charge is 0.356 e. The molecular formula is C26H26N2O5S. The predicted molar refractivity (Wildman–Crippen MR) is 129 cm³/mol. The molecule has 0 saturated carbocycles. The second-order valence-corrected chi connectivity index (χ2v) is 9.28. The number of carbonyl (C=O) groups is 3. The lowest BCUT2D eigenvalue weighted by molar-refractivity contribution is -0.158. The molecule has 0 unspecified atom stereocenters. The fraction of sp³-hybridized carbons (Fsp3) is 0.269. The number of thioether (sulfide) groups is 1. The third-order valence-corrected chi connectivity index (χ3v) is 7.30. The Morgan fingerprint density at radius 1 is 1.18 bits per heavy atom. The van der Waals surface area contributed by atoms with Gasteiger partial charge in [-0.2, -0.15) is 0 Å². The third-order valence-electron chi connectivity index (χ3n) is 5.84. The topological polar surface area (TPSA) is 98.9 Å². The molecule has 2 heterocycles. The highest BCUT2D eigenvalue weighted by Crippen LogP contribution is 2.47. The van der Waals surface area contributed by atoms with Crippen molar-refractivity contribution in [3.8, 4) is 0 Å². The van der Waals surface area contributed by atoms with Crippen molar-refractivity contribution in [3.05, 3.63) is 95.7 Å². The minimum absolute atomic E-state index is 0.0944. The molecule has 1 amide bonds. The van der Waals surface area contributed by atoms with Crippen LogP contribution in [0, 0.1) is 0 Å². The van der Waals surface area contributed by atoms with Crippen LogP contribution in [0.2, 0.25) is 0 Å². The third kappa shape index (κ3) is 4.38. The highest BCUT2D eigenvalue weighted by molar-refractivity contribution is 8.00. The van der Waals surface area contributed by atoms with E-state index in [1.807, 2.05) is 60.7 Å². The second-order valence-electron chi connectivity index (χ2n) is 8.21. The molecule has 2 aromatic rings. The normalized spacial score (nSPS) is 21.6. The van der Waals surface area contributed by atoms with Gasteiger partial charge in [0.2, 0.25) is 0 Å². The Kier molecular flexibility index (Phi) is 6.90. The zero-order valence-corrected chi connectivity index (χ0v) is 19.6. The summed E-state index contributed by atoms with van der Waals surface area (Å²) in [6.45, 7) is 4.89. The number of amides is 1. The maximum absolute atomic E-state index is 13.6. The first-order valence-corrected chi connectivity index (χ1v) is 11.9. The van der Waals surface area contributed by atoms with Crippen LogP contribution in [-0.4, -0.2) is 46.0 Å². The first kappa shape index (κ1) is 23.8. The molecule has 2 aromatic carbocycles. The van der Waals surface area contributed by atoms with E-state index in [0.717, 1.165) is 11.1 Å². The number of ether oxygens (including phenoxy) is 2. The SMILES string of the molecule is C=CC[C@]1(N)C(=O)N2C(C(=O)OC(c3ccccc3)c3ccccc3)=C(COC(C)=O)CS[C@@H]21. The van der Waals surface area contributed by atoms with Crippen LogP contribution in [0.15, 0.2) is 84.6 Å². The highest BCUT2D eigenvalue weighted by Gasteiger charge is 2.62. The monoisotopic (exact) mass is 478 g/mol. The molecule has 0 aliphatic carbocycles. The summed E-state index contributed by atoms with van der Waals surface area (Å²) in [7, 11) is 0. The first-order chi connectivity index (χ1) is 16.4. The summed E-state index contributed by atoms with van der Waals surface area (Å²) < 4.78 is 11.2. The molecule has 7 nitrogen and oxygen atoms in total. The quantitative estimate of drug-likeness (QED) is 0.353. The zero-order valence-electron chi connectivity index (χ0n) is 18.8. The van der Waals surface area contributed by atoms with Gasteiger partial charge in [0.1, 0.15) is 23.2 Å². The predicted octanol–water partition coefficient (Wildman–Crippen LogP) is 3.33. The molecule has 1 fully saturated rings. The van der Waals surface area contributed by atoms with Crippen LogP contribution >= 0.6 is 11.8 Å². The van der Waals surface area contributed by atoms with Crippen molar-refractivity contribution in [1.82, 2.24) is 4.90 Å². The van der Waals surface area contributed by atoms with E-state index in [2.05, 4.69) is 6.58 Å². The van der Waals surface area contributed by atoms with Crippen LogP contribution < -0.4 is 5.73 Å². The maximum atomic E-state index is 13.6. The molecule has 1 saturated heterocycles. The number of fused-ring (bicyclic) bond motifs is 1. The van der Waals surface area contributed by atoms with Crippen molar-refractivity contribution in [2.45, 2.75) is 30.4 Å². The number of nitrogens with two attached hydrogens (primary N) is 1. The van der Waals surface area contributed by atoms with Gasteiger partial charge < -0.3 is 15.2 Å². The molecule has 2 atom stereocenters. The van der Waals surface area contributed by atoms with Crippen LogP contribution in [0.25, 0.3) is 0 Å². The second kappa shape index (κ2) is 9.87. The van der Waals surface area contributed by atoms with Crippen molar-refractivity contribution in [2.24, 2.45) is 5.73 Å². The van der Waals surface area contributed by atoms with Crippen LogP contribution in [0.4, 0.5) is 0 Å². The number of nitrogens with zero attached hydrogens (tertiary/aromatic N) is 1. The molecule has 4 rings (SSSR count). The Balaban J connectivity index is 1.70. The maximum Gasteiger partial charge on any atom is 0.356 e. The van der Waals surface area contributed by atoms with Gasteiger partial charge in [-0.1, -0.05) is 66.7 Å². The number of esters is 2. The standard InChI is InChI=1S/C26H26N2O5S/c1-3-14-26(27)24(31)28-21(20(15-32-17(2)29)16-34-25(26)28)23(30)33-22(18-10-6-4-7-11-18)19-12-8-5-9-13-19/h3-13,22,25H,1,14-16,27H2,2H3/t25-,26+/m1/s1. The molecular weight excluding hydrogens is 452 g/mol. The molecule has 2 N–H and O–H groups in total. The largest absolute Gasteiger partial charge is 0.461 e. The number of benzene rings is 2. The van der Waals surface area contributed by atoms with E-state index in [0.29, 0.717) is 11.3 Å². The van der Waals surface area contributed by atoms with Crippen molar-refractivity contribution in [1.29, 1.82) is 0 Å². The Morgan fingerprint density at radius 2 is 1.76 bits per heavy atom. The van der Waals surface area contributed by atoms with E-state index in [1.54, 1.807) is 6.08 Å². The lowest BCUT2D eigenvalue weighted by Crippen LogP contribution is -2.77. The van der Waals surface area contributed by atoms with E-state index in [-0.39, 0.29) is 24.6 Å². The zero-order chi connectivity index (χ0) is 24.3. The highest BCUT2D eigenvalue weighted by atomic mass is 32.2. The number of hydrogen-bond acceptors (Lipinski definition) is 7. The van der Waals surface area contributed by atoms with Crippen molar-refractivity contribution in [3.63, 3.8) is 0 Å². The summed E-state index contributed by atoms with van der Waals surface area (Å²) in [5.74, 6) is -1.15. The molecule has 0 aromatic heterocycles. The Hall–Kier alpha value is -3.36. The van der Waals surface area contributed by atoms with Gasteiger partial charge in [0.15, 0.2) is 6.10 Å². The van der Waals surface area contributed by atoms with E-state index < -0.39 is 29.0 Å². The summed E-state index contributed by atoms with van der Waals surface area (Å²) in [6.07, 6.45) is 1.21. The summed E-state index contributed by atoms with van der Waals surface area (Å²) in [6, 6.07) is 18.8. The van der Waals surface area contributed by atoms with Gasteiger partial charge in [0.05, 0.1) is 0 Å². The molecule has 0 spiro atoms. The summed E-state index contributed by atoms with van der Waals surface area (Å²) in [5, 5.41) is -0.437. The van der Waals surface area contributed by atoms with E-state index >= 15 is 0 Å². The van der Waals surface area contributed by atoms with E-state index in [4.69, 9.17) is 15.2 Å². The fourth-order valence-electron chi connectivity index (χ4n) is 4.18. The van der Waals surface area contributed by atoms with Crippen molar-refractivity contribution >= 4 is 29.6 Å². The van der Waals surface area contributed by atoms with Gasteiger partial charge >= 0.3 is 11.9 Å². The van der Waals surface area contributed by atoms with Crippen molar-refractivity contribution in [2.75, 3.05) is 12.4 Å². The van der Waals surface area contributed by atoms with Gasteiger partial charge in [0, 0.05) is 18.2 Å². The Bertz CT molecular complexity index is 1090. The van der Waals surface area contributed by atoms with Crippen LogP contribution in [-0.2, 0) is 23.9 Å². The van der Waals surface area contributed by atoms with Crippen LogP contribution in [0.3, 0.4) is 0 Å². The van der Waals surface area contributed by atoms with Gasteiger partial charge in [-0.05, 0) is 17.5 Å². The lowest BCUT2D eigenvalue weighted by Gasteiger charge is -2.55. The number of rotatable bonds is 8. The van der Waals surface area contributed by atoms with Gasteiger partial charge in [0.25, 0.3) is 5.91 Å². The van der Waals surface area contributed by atoms with Crippen LogP contribution in [0.1, 0.15) is 30.6 Å². The average Bonchev–Trinajstić information content (AvgIpc) is 2.86. The van der Waals surface area contributed by atoms with Gasteiger partial charge in [-0.3, -0.25) is 14.5 Å². The lowest BCUT2D eigenvalue weighted by atomic mass is 9.84. The molecule has 176 valence electrons. The van der Waals surface area contributed by atoms with Gasteiger partial charge in [-0.15, -0.1) is 18.3 Å². The minimum atomic E-state index is -1.14. The van der Waals surface area contributed by atoms with E-state index in [9.17, 15) is 14.4 Å². The number of β-lactam (4-membered cyclic amide) rings is 1. The Morgan fingerprint density at radius 3 is 2.29 bits per heavy atom. The van der Waals surface area contributed by atoms with Crippen LogP contribution in [0.5, 0.6) is 0 Å². The van der Waals surface area contributed by atoms with E-state index in [1.165, 1.54) is 23.6 Å². The first-order valence-electron chi connectivity index (χ1n) is 10.9. The minimum Gasteiger partial charge on any atom is -0.461 e. The number of carbonyl (C=O) groups excluding carboxylic acids is 3. The van der Waals surface area contributed by atoms with Crippen molar-refractivity contribution < 1.29 is 23.9 Å².